The van der Waals surface area contributed by atoms with Crippen molar-refractivity contribution in [3.05, 3.63) is 35.7 Å². The zero-order chi connectivity index (χ0) is 11.8. The first-order chi connectivity index (χ1) is 8.27. The maximum absolute atomic E-state index is 11.2. The second-order valence-corrected chi connectivity index (χ2v) is 4.30. The first-order valence-corrected chi connectivity index (χ1v) is 5.59. The Morgan fingerprint density at radius 2 is 2.24 bits per heavy atom. The summed E-state index contributed by atoms with van der Waals surface area (Å²) in [5.41, 5.74) is 0.496. The number of aromatic carboxylic acids is 1. The topological polar surface area (TPSA) is 76.2 Å². The molecule has 3 aromatic rings. The molecule has 17 heavy (non-hydrogen) atoms. The Morgan fingerprint density at radius 3 is 2.94 bits per heavy atom. The second kappa shape index (κ2) is 3.67. The van der Waals surface area contributed by atoms with Gasteiger partial charge in [0.15, 0.2) is 0 Å². The van der Waals surface area contributed by atoms with Crippen molar-refractivity contribution in [3.8, 4) is 11.5 Å². The average molecular weight is 246 g/mol. The minimum Gasteiger partial charge on any atom is -0.477 e. The van der Waals surface area contributed by atoms with E-state index in [-0.39, 0.29) is 4.88 Å². The van der Waals surface area contributed by atoms with Gasteiger partial charge in [0.2, 0.25) is 5.89 Å². The molecule has 0 radical (unpaired) electrons. The monoisotopic (exact) mass is 246 g/mol. The SMILES string of the molecule is O=C(O)c1sc2ncccc2c1-c1ncco1. The van der Waals surface area contributed by atoms with Gasteiger partial charge in [-0.05, 0) is 12.1 Å². The molecule has 0 aromatic carbocycles. The van der Waals surface area contributed by atoms with E-state index in [9.17, 15) is 9.90 Å². The van der Waals surface area contributed by atoms with Crippen LogP contribution in [0.4, 0.5) is 0 Å². The van der Waals surface area contributed by atoms with Crippen LogP contribution in [-0.2, 0) is 0 Å². The number of carbonyl (C=O) groups is 1. The number of hydrogen-bond acceptors (Lipinski definition) is 5. The Kier molecular flexibility index (Phi) is 2.15. The number of carboxylic acids is 1. The number of thiophene rings is 1. The van der Waals surface area contributed by atoms with Crippen LogP contribution in [0.2, 0.25) is 0 Å². The smallest absolute Gasteiger partial charge is 0.346 e. The van der Waals surface area contributed by atoms with Crippen LogP contribution in [0.25, 0.3) is 21.7 Å². The summed E-state index contributed by atoms with van der Waals surface area (Å²) in [5.74, 6) is -0.692. The summed E-state index contributed by atoms with van der Waals surface area (Å²) in [6.07, 6.45) is 4.53. The number of carboxylic acid groups (broad SMARTS) is 1. The standard InChI is InChI=1S/C11H6N2O3S/c14-11(15)8-7(9-12-4-5-16-9)6-2-1-3-13-10(6)17-8/h1-5H,(H,14,15). The molecule has 0 fully saturated rings. The van der Waals surface area contributed by atoms with Crippen LogP contribution in [0.15, 0.2) is 35.2 Å². The highest BCUT2D eigenvalue weighted by Gasteiger charge is 2.22. The molecule has 0 atom stereocenters. The Balaban J connectivity index is 2.40. The highest BCUT2D eigenvalue weighted by atomic mass is 32.1. The number of nitrogens with zero attached hydrogens (tertiary/aromatic N) is 2. The van der Waals surface area contributed by atoms with Gasteiger partial charge in [-0.3, -0.25) is 0 Å². The molecule has 0 aliphatic rings. The van der Waals surface area contributed by atoms with Crippen LogP contribution in [0, 0.1) is 0 Å². The average Bonchev–Trinajstić information content (AvgIpc) is 2.94. The van der Waals surface area contributed by atoms with Gasteiger partial charge in [-0.2, -0.15) is 0 Å². The highest BCUT2D eigenvalue weighted by molar-refractivity contribution is 7.21. The number of rotatable bonds is 2. The lowest BCUT2D eigenvalue weighted by molar-refractivity contribution is 0.0702. The van der Waals surface area contributed by atoms with Gasteiger partial charge >= 0.3 is 5.97 Å². The van der Waals surface area contributed by atoms with Crippen molar-refractivity contribution in [1.82, 2.24) is 9.97 Å². The molecule has 0 saturated carbocycles. The summed E-state index contributed by atoms with van der Waals surface area (Å²) >= 11 is 1.12. The van der Waals surface area contributed by atoms with Crippen LogP contribution < -0.4 is 0 Å². The first kappa shape index (κ1) is 9.98. The molecule has 0 unspecified atom stereocenters. The third-order valence-electron chi connectivity index (χ3n) is 2.31. The lowest BCUT2D eigenvalue weighted by Gasteiger charge is -1.95. The predicted octanol–water partition coefficient (Wildman–Crippen LogP) is 2.65. The quantitative estimate of drug-likeness (QED) is 0.752. The number of fused-ring (bicyclic) bond motifs is 1. The van der Waals surface area contributed by atoms with Crippen LogP contribution in [0.5, 0.6) is 0 Å². The minimum atomic E-state index is -0.999. The number of oxazole rings is 1. The van der Waals surface area contributed by atoms with E-state index >= 15 is 0 Å². The van der Waals surface area contributed by atoms with Gasteiger partial charge in [0.25, 0.3) is 0 Å². The van der Waals surface area contributed by atoms with Crippen molar-refractivity contribution in [2.75, 3.05) is 0 Å². The fourth-order valence-corrected chi connectivity index (χ4v) is 2.62. The summed E-state index contributed by atoms with van der Waals surface area (Å²) in [5, 5.41) is 9.93. The molecule has 0 spiro atoms. The molecule has 0 amide bonds. The zero-order valence-electron chi connectivity index (χ0n) is 8.45. The normalized spacial score (nSPS) is 10.8. The van der Waals surface area contributed by atoms with E-state index in [0.29, 0.717) is 16.3 Å². The molecule has 0 aliphatic heterocycles. The number of aromatic nitrogens is 2. The molecular formula is C11H6N2O3S. The predicted molar refractivity (Wildman–Crippen MR) is 62.1 cm³/mol. The molecule has 3 rings (SSSR count). The molecule has 5 nitrogen and oxygen atoms in total. The summed E-state index contributed by atoms with van der Waals surface area (Å²) in [6.45, 7) is 0. The van der Waals surface area contributed by atoms with Crippen molar-refractivity contribution >= 4 is 27.5 Å². The van der Waals surface area contributed by atoms with Gasteiger partial charge in [-0.15, -0.1) is 11.3 Å². The maximum atomic E-state index is 11.2. The molecule has 0 bridgehead atoms. The van der Waals surface area contributed by atoms with Crippen molar-refractivity contribution in [2.24, 2.45) is 0 Å². The Bertz CT molecular complexity index is 688. The van der Waals surface area contributed by atoms with Crippen LogP contribution >= 0.6 is 11.3 Å². The fraction of sp³-hybridized carbons (Fsp3) is 0. The molecule has 1 N–H and O–H groups in total. The third kappa shape index (κ3) is 1.50. The van der Waals surface area contributed by atoms with E-state index in [1.165, 1.54) is 12.5 Å². The van der Waals surface area contributed by atoms with E-state index in [1.54, 1.807) is 12.3 Å². The fourth-order valence-electron chi connectivity index (χ4n) is 1.64. The molecule has 3 aromatic heterocycles. The number of hydrogen-bond donors (Lipinski definition) is 1. The summed E-state index contributed by atoms with van der Waals surface area (Å²) in [4.78, 5) is 20.2. The van der Waals surface area contributed by atoms with Gasteiger partial charge < -0.3 is 9.52 Å². The molecule has 6 heteroatoms. The Hall–Kier alpha value is -2.21. The number of pyridine rings is 1. The van der Waals surface area contributed by atoms with Gasteiger partial charge in [0.05, 0.1) is 11.8 Å². The highest BCUT2D eigenvalue weighted by Crippen LogP contribution is 2.36. The lowest BCUT2D eigenvalue weighted by atomic mass is 10.1. The maximum Gasteiger partial charge on any atom is 0.346 e. The van der Waals surface area contributed by atoms with E-state index in [4.69, 9.17) is 4.42 Å². The van der Waals surface area contributed by atoms with E-state index in [2.05, 4.69) is 9.97 Å². The Morgan fingerprint density at radius 1 is 1.35 bits per heavy atom. The molecule has 0 saturated heterocycles. The third-order valence-corrected chi connectivity index (χ3v) is 3.41. The van der Waals surface area contributed by atoms with E-state index in [1.807, 2.05) is 6.07 Å². The van der Waals surface area contributed by atoms with E-state index in [0.717, 1.165) is 16.7 Å². The van der Waals surface area contributed by atoms with Gasteiger partial charge in [-0.1, -0.05) is 0 Å². The Labute approximate surface area is 99.4 Å². The summed E-state index contributed by atoms with van der Waals surface area (Å²) < 4.78 is 5.18. The zero-order valence-corrected chi connectivity index (χ0v) is 9.27. The van der Waals surface area contributed by atoms with Gasteiger partial charge in [-0.25, -0.2) is 14.8 Å². The first-order valence-electron chi connectivity index (χ1n) is 4.78. The van der Waals surface area contributed by atoms with Crippen molar-refractivity contribution < 1.29 is 14.3 Å². The van der Waals surface area contributed by atoms with Crippen LogP contribution in [0.3, 0.4) is 0 Å². The van der Waals surface area contributed by atoms with Crippen LogP contribution in [-0.4, -0.2) is 21.0 Å². The molecule has 84 valence electrons. The van der Waals surface area contributed by atoms with Crippen molar-refractivity contribution in [3.63, 3.8) is 0 Å². The molecule has 0 aliphatic carbocycles. The summed E-state index contributed by atoms with van der Waals surface area (Å²) in [7, 11) is 0. The lowest BCUT2D eigenvalue weighted by Crippen LogP contribution is -1.94. The summed E-state index contributed by atoms with van der Waals surface area (Å²) in [6, 6.07) is 3.57. The van der Waals surface area contributed by atoms with Crippen molar-refractivity contribution in [1.29, 1.82) is 0 Å². The van der Waals surface area contributed by atoms with Crippen molar-refractivity contribution in [2.45, 2.75) is 0 Å². The van der Waals surface area contributed by atoms with Gasteiger partial charge in [0, 0.05) is 11.6 Å². The second-order valence-electron chi connectivity index (χ2n) is 3.30. The van der Waals surface area contributed by atoms with Gasteiger partial charge in [0.1, 0.15) is 16.0 Å². The van der Waals surface area contributed by atoms with Crippen LogP contribution in [0.1, 0.15) is 9.67 Å². The molecular weight excluding hydrogens is 240 g/mol. The molecule has 3 heterocycles. The largest absolute Gasteiger partial charge is 0.477 e. The van der Waals surface area contributed by atoms with E-state index < -0.39 is 5.97 Å². The minimum absolute atomic E-state index is 0.196.